The van der Waals surface area contributed by atoms with Gasteiger partial charge in [0.25, 0.3) is 0 Å². The van der Waals surface area contributed by atoms with Gasteiger partial charge in [-0.3, -0.25) is 4.90 Å². The third-order valence-corrected chi connectivity index (χ3v) is 24.1. The van der Waals surface area contributed by atoms with E-state index in [2.05, 4.69) is 108 Å². The number of carbonyl (C=O) groups is 4. The van der Waals surface area contributed by atoms with E-state index in [1.54, 1.807) is 20.8 Å². The zero-order valence-corrected chi connectivity index (χ0v) is 74.1. The summed E-state index contributed by atoms with van der Waals surface area (Å²) in [6.07, 6.45) is 4.44. The first kappa shape index (κ1) is 98.1. The summed E-state index contributed by atoms with van der Waals surface area (Å²) in [5.41, 5.74) is 2.42. The summed E-state index contributed by atoms with van der Waals surface area (Å²) in [6, 6.07) is 50.7. The van der Waals surface area contributed by atoms with Crippen molar-refractivity contribution in [1.82, 2.24) is 39.2 Å². The van der Waals surface area contributed by atoms with E-state index in [9.17, 15) is 63.1 Å². The van der Waals surface area contributed by atoms with Crippen LogP contribution in [-0.2, 0) is 38.5 Å². The molecule has 0 aromatic heterocycles. The van der Waals surface area contributed by atoms with Crippen molar-refractivity contribution in [2.24, 2.45) is 0 Å². The maximum Gasteiger partial charge on any atom is 0.419 e. The van der Waals surface area contributed by atoms with Gasteiger partial charge in [-0.15, -0.1) is 0 Å². The summed E-state index contributed by atoms with van der Waals surface area (Å²) in [6.45, 7) is 27.8. The van der Waals surface area contributed by atoms with Crippen LogP contribution in [0.25, 0.3) is 0 Å². The third kappa shape index (κ3) is 29.5. The topological polar surface area (TPSA) is 161 Å². The minimum absolute atomic E-state index is 0.000393. The largest absolute Gasteiger partial charge is 0.454 e. The minimum atomic E-state index is -4.84. The molecule has 4 N–H and O–H groups in total. The van der Waals surface area contributed by atoms with Gasteiger partial charge in [0, 0.05) is 160 Å². The van der Waals surface area contributed by atoms with E-state index < -0.39 is 64.8 Å². The molecular weight excluding hydrogens is 1650 g/mol. The molecule has 29 heteroatoms. The van der Waals surface area contributed by atoms with Crippen molar-refractivity contribution in [1.29, 1.82) is 0 Å². The maximum absolute atomic E-state index is 13.6. The van der Waals surface area contributed by atoms with E-state index >= 15 is 0 Å². The van der Waals surface area contributed by atoms with Gasteiger partial charge in [0.15, 0.2) is 29.0 Å². The Morgan fingerprint density at radius 2 is 0.825 bits per heavy atom. The molecule has 126 heavy (non-hydrogen) atoms. The summed E-state index contributed by atoms with van der Waals surface area (Å²) in [5, 5.41) is 11.4. The molecule has 5 aliphatic rings. The number of urea groups is 4. The molecule has 2 atom stereocenters. The Bertz CT molecular complexity index is 4710. The Labute approximate surface area is 740 Å². The Balaban J connectivity index is 0.000000176. The minimum Gasteiger partial charge on any atom is -0.454 e. The van der Waals surface area contributed by atoms with Crippen molar-refractivity contribution in [3.63, 3.8) is 0 Å². The molecule has 0 spiro atoms. The van der Waals surface area contributed by atoms with E-state index in [0.29, 0.717) is 60.9 Å². The van der Waals surface area contributed by atoms with Crippen LogP contribution in [0, 0.1) is 23.3 Å². The number of hydrogen-bond acceptors (Lipinski definition) is 10. The number of halogens is 11. The summed E-state index contributed by atoms with van der Waals surface area (Å²) in [5.74, 6) is -4.30. The Kier molecular flexibility index (Phi) is 36.6. The molecule has 0 bridgehead atoms. The van der Waals surface area contributed by atoms with Gasteiger partial charge in [-0.05, 0) is 201 Å². The predicted molar refractivity (Wildman–Crippen MR) is 477 cm³/mol. The van der Waals surface area contributed by atoms with Gasteiger partial charge in [0.2, 0.25) is 6.79 Å². The lowest BCUT2D eigenvalue weighted by Gasteiger charge is -2.43. The molecule has 0 aliphatic carbocycles. The van der Waals surface area contributed by atoms with Crippen LogP contribution in [0.2, 0.25) is 5.02 Å². The van der Waals surface area contributed by atoms with Crippen molar-refractivity contribution in [3.8, 4) is 11.5 Å². The Morgan fingerprint density at radius 1 is 0.421 bits per heavy atom. The second-order valence-electron chi connectivity index (χ2n) is 34.0. The molecule has 4 saturated heterocycles. The van der Waals surface area contributed by atoms with Crippen LogP contribution in [0.5, 0.6) is 11.5 Å². The number of carbonyl (C=O) groups excluding carboxylic acids is 4. The molecular formula is C97H121ClF10N12O6. The maximum atomic E-state index is 13.6. The fraction of sp³-hybridized carbons (Fsp3) is 0.464. The lowest BCUT2D eigenvalue weighted by molar-refractivity contribution is -0.140. The number of piperidine rings is 4. The number of fused-ring (bicyclic) bond motifs is 1. The van der Waals surface area contributed by atoms with Crippen molar-refractivity contribution in [2.45, 2.75) is 226 Å². The molecule has 5 heterocycles. The zero-order valence-electron chi connectivity index (χ0n) is 73.3. The van der Waals surface area contributed by atoms with E-state index in [-0.39, 0.29) is 59.6 Å². The number of hydrogen-bond donors (Lipinski definition) is 4. The van der Waals surface area contributed by atoms with Crippen LogP contribution >= 0.6 is 11.6 Å². The van der Waals surface area contributed by atoms with Crippen LogP contribution in [0.4, 0.5) is 85.8 Å². The Morgan fingerprint density at radius 3 is 1.25 bits per heavy atom. The number of anilines is 4. The Hall–Kier alpha value is -10.1. The monoisotopic (exact) mass is 1770 g/mol. The molecule has 18 nitrogen and oxygen atoms in total. The molecule has 8 aromatic carbocycles. The number of rotatable bonds is 25. The van der Waals surface area contributed by atoms with Crippen LogP contribution in [0.3, 0.4) is 0 Å². The number of benzene rings is 8. The normalized spacial score (nSPS) is 16.3. The molecule has 8 aromatic rings. The highest BCUT2D eigenvalue weighted by Gasteiger charge is 2.39. The number of nitrogens with zero attached hydrogens (tertiary/aromatic N) is 8. The van der Waals surface area contributed by atoms with E-state index in [1.807, 2.05) is 120 Å². The van der Waals surface area contributed by atoms with Gasteiger partial charge < -0.3 is 65.0 Å². The molecule has 682 valence electrons. The molecule has 8 amide bonds. The summed E-state index contributed by atoms with van der Waals surface area (Å²) < 4.78 is 144. The van der Waals surface area contributed by atoms with E-state index in [0.717, 1.165) is 200 Å². The second kappa shape index (κ2) is 47.1. The van der Waals surface area contributed by atoms with Gasteiger partial charge in [-0.1, -0.05) is 161 Å². The highest BCUT2D eigenvalue weighted by molar-refractivity contribution is 6.30. The summed E-state index contributed by atoms with van der Waals surface area (Å²) in [7, 11) is 0. The fourth-order valence-electron chi connectivity index (χ4n) is 16.8. The fourth-order valence-corrected chi connectivity index (χ4v) is 17.0. The van der Waals surface area contributed by atoms with Gasteiger partial charge in [-0.2, -0.15) is 26.3 Å². The lowest BCUT2D eigenvalue weighted by atomic mass is 9.97. The second-order valence-corrected chi connectivity index (χ2v) is 34.5. The zero-order chi connectivity index (χ0) is 90.7. The first-order valence-corrected chi connectivity index (χ1v) is 44.3. The molecule has 0 radical (unpaired) electrons. The first-order valence-electron chi connectivity index (χ1n) is 43.9. The number of ether oxygens (including phenoxy) is 2. The summed E-state index contributed by atoms with van der Waals surface area (Å²) in [4.78, 5) is 69.7. The average Bonchev–Trinajstić information content (AvgIpc) is 1.31. The quantitative estimate of drug-likeness (QED) is 0.0320. The first-order chi connectivity index (χ1) is 60.2. The smallest absolute Gasteiger partial charge is 0.419 e. The van der Waals surface area contributed by atoms with Gasteiger partial charge in [0.05, 0.1) is 11.1 Å². The number of nitrogens with one attached hydrogen (secondary N) is 4. The van der Waals surface area contributed by atoms with Crippen molar-refractivity contribution < 1.29 is 72.6 Å². The van der Waals surface area contributed by atoms with Crippen LogP contribution < -0.4 is 30.7 Å². The van der Waals surface area contributed by atoms with Crippen LogP contribution in [-0.4, -0.2) is 171 Å². The predicted octanol–water partition coefficient (Wildman–Crippen LogP) is 23.7. The van der Waals surface area contributed by atoms with Crippen molar-refractivity contribution in [3.05, 3.63) is 250 Å². The van der Waals surface area contributed by atoms with Gasteiger partial charge in [0.1, 0.15) is 5.82 Å². The molecule has 5 aliphatic heterocycles. The lowest BCUT2D eigenvalue weighted by Crippen LogP contribution is -2.52. The van der Waals surface area contributed by atoms with Gasteiger partial charge in [-0.25, -0.2) is 36.7 Å². The van der Waals surface area contributed by atoms with E-state index in [4.69, 9.17) is 21.1 Å². The van der Waals surface area contributed by atoms with Crippen LogP contribution in [0.15, 0.2) is 188 Å². The van der Waals surface area contributed by atoms with Crippen molar-refractivity contribution in [2.75, 3.05) is 87.0 Å². The molecule has 2 unspecified atom stereocenters. The molecule has 13 rings (SSSR count). The molecule has 0 saturated carbocycles. The SMILES string of the molecule is CC(C)(C)N1CCC(N(Cc2ccc3c(c2)OCO3)C(=O)Nc2cccc(C(F)(F)F)c2)CC1.CCCC(C)N1CCC(N(Cc2ccccc2)C(=O)Nc2cc(F)c(F)c(F)c2)CC1.CCCC(C)N1CCC(N(Cc2ccccc2)C(=O)Nc2ccc(F)c(C(F)(F)F)c2)CC1.CCCCN1CCC(N(Cc2ccccc2)C(=O)Nc2cccc(Cl)c2)CC1. The van der Waals surface area contributed by atoms with Gasteiger partial charge >= 0.3 is 36.5 Å². The highest BCUT2D eigenvalue weighted by atomic mass is 35.5. The number of amides is 8. The van der Waals surface area contributed by atoms with E-state index in [1.165, 1.54) is 25.0 Å². The highest BCUT2D eigenvalue weighted by Crippen LogP contribution is 2.38. The standard InChI is InChI=1S/C25H31F4N3O.C25H30F3N3O3.C24H30F3N3O.C23H30ClN3O/c1-3-7-18(2)31-14-12-21(13-15-31)32(17-19-8-5-4-6-9-19)24(33)30-20-10-11-23(26)22(16-20)25(27,28)29;1-24(2,3)30-11-9-20(10-12-30)31(15-17-7-8-21-22(13-17)34-16-33-21)23(32)29-19-6-4-5-18(14-19)25(26,27)28;1-3-7-17(2)29-12-10-20(11-13-29)30(16-18-8-5-4-6-9-18)24(31)28-19-14-21(25)23(27)22(26)15-19;1-2-3-14-26-15-12-22(13-16-26)27(18-19-8-5-4-6-9-19)23(28)25-21-11-7-10-20(24)17-21/h4-6,8-11,16,18,21H,3,7,12-15,17H2,1-2H3,(H,30,33);4-8,13-14,20H,9-12,15-16H2,1-3H3,(H,29,32);4-6,8-9,14-15,17,20H,3,7,10-13,16H2,1-2H3,(H,28,31);4-11,17,22H,2-3,12-16,18H2,1H3,(H,25,28). The molecule has 4 fully saturated rings. The third-order valence-electron chi connectivity index (χ3n) is 23.9. The van der Waals surface area contributed by atoms with Crippen LogP contribution in [0.1, 0.15) is 179 Å². The average molecular weight is 1780 g/mol. The van der Waals surface area contributed by atoms with Crippen molar-refractivity contribution >= 4 is 58.5 Å². The number of likely N-dealkylation sites (tertiary alicyclic amines) is 4. The summed E-state index contributed by atoms with van der Waals surface area (Å²) >= 11 is 6.07. The number of alkyl halides is 6. The number of unbranched alkanes of at least 4 members (excludes halogenated alkanes) is 1.